The fourth-order valence-corrected chi connectivity index (χ4v) is 1.02. The molecule has 0 aromatic rings. The highest BCUT2D eigenvalue weighted by molar-refractivity contribution is 5.88. The van der Waals surface area contributed by atoms with Crippen LogP contribution in [0.1, 0.15) is 13.3 Å². The summed E-state index contributed by atoms with van der Waals surface area (Å²) in [5.74, 6) is 0.593. The molecule has 0 saturated carbocycles. The maximum Gasteiger partial charge on any atom is 0.212 e. The van der Waals surface area contributed by atoms with Crippen molar-refractivity contribution in [3.8, 4) is 0 Å². The number of nitrogens with zero attached hydrogens (tertiary/aromatic N) is 1. The van der Waals surface area contributed by atoms with Crippen molar-refractivity contribution in [3.05, 3.63) is 23.4 Å². The summed E-state index contributed by atoms with van der Waals surface area (Å²) in [6.07, 6.45) is 4.50. The fraction of sp³-hybridized carbons (Fsp3) is 0.444. The van der Waals surface area contributed by atoms with Gasteiger partial charge < -0.3 is 9.84 Å². The molecular weight excluding hydrogens is 154 g/mol. The molecular formula is C9H13NO2. The van der Waals surface area contributed by atoms with Crippen LogP contribution in [0.25, 0.3) is 0 Å². The normalized spacial score (nSPS) is 17.4. The molecule has 3 heteroatoms. The predicted molar refractivity (Wildman–Crippen MR) is 48.0 cm³/mol. The molecule has 3 nitrogen and oxygen atoms in total. The van der Waals surface area contributed by atoms with Gasteiger partial charge in [0, 0.05) is 5.70 Å². The van der Waals surface area contributed by atoms with Gasteiger partial charge in [-0.3, -0.25) is 0 Å². The van der Waals surface area contributed by atoms with E-state index in [0.29, 0.717) is 5.90 Å². The molecule has 0 aliphatic carbocycles. The number of allylic oxidation sites excluding steroid dienone is 2. The summed E-state index contributed by atoms with van der Waals surface area (Å²) in [5, 5.41) is 8.94. The number of ether oxygens (including phenoxy) is 1. The van der Waals surface area contributed by atoms with E-state index in [2.05, 4.69) is 4.99 Å². The highest BCUT2D eigenvalue weighted by Crippen LogP contribution is 2.13. The maximum absolute atomic E-state index is 8.94. The van der Waals surface area contributed by atoms with Crippen molar-refractivity contribution in [2.24, 2.45) is 4.99 Å². The Bertz CT molecular complexity index is 251. The number of aliphatic hydroxyl groups excluding tert-OH is 1. The summed E-state index contributed by atoms with van der Waals surface area (Å²) in [6, 6.07) is 0. The fourth-order valence-electron chi connectivity index (χ4n) is 1.02. The largest absolute Gasteiger partial charge is 0.481 e. The highest BCUT2D eigenvalue weighted by atomic mass is 16.5. The Balaban J connectivity index is 2.91. The van der Waals surface area contributed by atoms with Crippen LogP contribution in [0.15, 0.2) is 28.4 Å². The zero-order valence-corrected chi connectivity index (χ0v) is 7.37. The van der Waals surface area contributed by atoms with E-state index in [0.717, 1.165) is 17.7 Å². The number of methoxy groups -OCH3 is 1. The molecule has 0 amide bonds. The van der Waals surface area contributed by atoms with Crippen molar-refractivity contribution in [2.45, 2.75) is 13.3 Å². The first-order chi connectivity index (χ1) is 5.77. The lowest BCUT2D eigenvalue weighted by molar-refractivity contribution is 0.327. The lowest BCUT2D eigenvalue weighted by Crippen LogP contribution is -1.96. The van der Waals surface area contributed by atoms with Gasteiger partial charge in [-0.2, -0.15) is 0 Å². The Morgan fingerprint density at radius 3 is 3.00 bits per heavy atom. The van der Waals surface area contributed by atoms with Gasteiger partial charge in [0.25, 0.3) is 0 Å². The Labute approximate surface area is 72.1 Å². The second-order valence-corrected chi connectivity index (χ2v) is 2.61. The van der Waals surface area contributed by atoms with Crippen LogP contribution in [0.2, 0.25) is 0 Å². The molecule has 1 heterocycles. The molecule has 0 aromatic carbocycles. The van der Waals surface area contributed by atoms with Crippen molar-refractivity contribution in [1.29, 1.82) is 0 Å². The summed E-state index contributed by atoms with van der Waals surface area (Å²) in [5.41, 5.74) is 1.79. The van der Waals surface area contributed by atoms with Crippen LogP contribution >= 0.6 is 0 Å². The van der Waals surface area contributed by atoms with Crippen LogP contribution in [0.5, 0.6) is 0 Å². The zero-order chi connectivity index (χ0) is 8.97. The Morgan fingerprint density at radius 1 is 1.67 bits per heavy atom. The maximum atomic E-state index is 8.94. The number of hydrogen-bond donors (Lipinski definition) is 1. The second-order valence-electron chi connectivity index (χ2n) is 2.61. The Hall–Kier alpha value is -1.09. The number of aliphatic imine (C=N–C) groups is 1. The third kappa shape index (κ3) is 1.95. The summed E-state index contributed by atoms with van der Waals surface area (Å²) in [6.45, 7) is 1.94. The molecule has 12 heavy (non-hydrogen) atoms. The molecule has 1 aliphatic rings. The van der Waals surface area contributed by atoms with Crippen molar-refractivity contribution in [3.63, 3.8) is 0 Å². The summed E-state index contributed by atoms with van der Waals surface area (Å²) in [7, 11) is 1.58. The third-order valence-corrected chi connectivity index (χ3v) is 1.81. The summed E-state index contributed by atoms with van der Waals surface area (Å²) >= 11 is 0. The lowest BCUT2D eigenvalue weighted by atomic mass is 10.1. The molecule has 0 fully saturated rings. The van der Waals surface area contributed by atoms with Crippen LogP contribution in [0, 0.1) is 0 Å². The molecule has 0 aromatic heterocycles. The van der Waals surface area contributed by atoms with Crippen LogP contribution in [0.3, 0.4) is 0 Å². The standard InChI is InChI=1S/C9H13NO2/c1-7-8(6-11)4-3-5-9(10-7)12-2/h3,5,11H,4,6H2,1-2H3. The minimum absolute atomic E-state index is 0.0661. The van der Waals surface area contributed by atoms with Gasteiger partial charge in [-0.25, -0.2) is 4.99 Å². The third-order valence-electron chi connectivity index (χ3n) is 1.81. The van der Waals surface area contributed by atoms with Gasteiger partial charge in [-0.1, -0.05) is 6.08 Å². The van der Waals surface area contributed by atoms with E-state index in [4.69, 9.17) is 9.84 Å². The highest BCUT2D eigenvalue weighted by Gasteiger charge is 2.04. The van der Waals surface area contributed by atoms with E-state index in [1.165, 1.54) is 0 Å². The summed E-state index contributed by atoms with van der Waals surface area (Å²) in [4.78, 5) is 4.17. The molecule has 0 bridgehead atoms. The summed E-state index contributed by atoms with van der Waals surface area (Å²) < 4.78 is 4.98. The van der Waals surface area contributed by atoms with Crippen LogP contribution in [-0.4, -0.2) is 24.7 Å². The molecule has 0 radical (unpaired) electrons. The quantitative estimate of drug-likeness (QED) is 0.638. The molecule has 1 rings (SSSR count). The van der Waals surface area contributed by atoms with Gasteiger partial charge in [-0.15, -0.1) is 0 Å². The van der Waals surface area contributed by atoms with E-state index in [9.17, 15) is 0 Å². The number of rotatable bonds is 1. The van der Waals surface area contributed by atoms with Gasteiger partial charge in [0.2, 0.25) is 5.90 Å². The minimum Gasteiger partial charge on any atom is -0.481 e. The van der Waals surface area contributed by atoms with Gasteiger partial charge in [0.15, 0.2) is 0 Å². The Morgan fingerprint density at radius 2 is 2.42 bits per heavy atom. The molecule has 66 valence electrons. The van der Waals surface area contributed by atoms with E-state index in [-0.39, 0.29) is 6.61 Å². The first-order valence-corrected chi connectivity index (χ1v) is 3.86. The van der Waals surface area contributed by atoms with Crippen LogP contribution in [0.4, 0.5) is 0 Å². The van der Waals surface area contributed by atoms with Crippen molar-refractivity contribution < 1.29 is 9.84 Å². The van der Waals surface area contributed by atoms with Crippen molar-refractivity contribution in [1.82, 2.24) is 0 Å². The lowest BCUT2D eigenvalue weighted by Gasteiger charge is -2.01. The SMILES string of the molecule is COC1=NC(C)=C(CO)CC=C1. The molecule has 1 aliphatic heterocycles. The topological polar surface area (TPSA) is 41.8 Å². The van der Waals surface area contributed by atoms with E-state index in [1.807, 2.05) is 19.1 Å². The van der Waals surface area contributed by atoms with E-state index in [1.54, 1.807) is 7.11 Å². The predicted octanol–water partition coefficient (Wildman–Crippen LogP) is 1.26. The zero-order valence-electron chi connectivity index (χ0n) is 7.37. The number of hydrogen-bond acceptors (Lipinski definition) is 3. The van der Waals surface area contributed by atoms with Gasteiger partial charge in [0.1, 0.15) is 0 Å². The molecule has 0 spiro atoms. The molecule has 0 unspecified atom stereocenters. The average molecular weight is 167 g/mol. The first kappa shape index (κ1) is 9.00. The van der Waals surface area contributed by atoms with Crippen molar-refractivity contribution >= 4 is 5.90 Å². The first-order valence-electron chi connectivity index (χ1n) is 3.86. The smallest absolute Gasteiger partial charge is 0.212 e. The molecule has 0 saturated heterocycles. The van der Waals surface area contributed by atoms with Gasteiger partial charge in [0.05, 0.1) is 13.7 Å². The number of aliphatic hydroxyl groups is 1. The van der Waals surface area contributed by atoms with E-state index < -0.39 is 0 Å². The van der Waals surface area contributed by atoms with E-state index >= 15 is 0 Å². The Kier molecular flexibility index (Phi) is 3.05. The van der Waals surface area contributed by atoms with Crippen molar-refractivity contribution in [2.75, 3.05) is 13.7 Å². The van der Waals surface area contributed by atoms with Gasteiger partial charge in [-0.05, 0) is 25.0 Å². The molecule has 1 N–H and O–H groups in total. The van der Waals surface area contributed by atoms with Crippen LogP contribution in [-0.2, 0) is 4.74 Å². The van der Waals surface area contributed by atoms with Gasteiger partial charge >= 0.3 is 0 Å². The monoisotopic (exact) mass is 167 g/mol. The van der Waals surface area contributed by atoms with Crippen LogP contribution < -0.4 is 0 Å². The molecule has 0 atom stereocenters. The average Bonchev–Trinajstić information content (AvgIpc) is 2.26. The second kappa shape index (κ2) is 4.07. The minimum atomic E-state index is 0.0661.